The average molecular weight is 262 g/mol. The first-order valence-corrected chi connectivity index (χ1v) is 6.11. The first kappa shape index (κ1) is 14.1. The Kier molecular flexibility index (Phi) is 4.41. The molecule has 0 aromatic carbocycles. The number of terminal acetylenes is 1. The molecule has 0 fully saturated rings. The predicted octanol–water partition coefficient (Wildman–Crippen LogP) is 1.43. The van der Waals surface area contributed by atoms with Gasteiger partial charge in [-0.25, -0.2) is 0 Å². The van der Waals surface area contributed by atoms with Gasteiger partial charge in [0.05, 0.1) is 18.3 Å². The lowest BCUT2D eigenvalue weighted by atomic mass is 9.91. The molecule has 0 atom stereocenters. The van der Waals surface area contributed by atoms with Crippen LogP contribution in [-0.2, 0) is 5.41 Å². The SMILES string of the molecule is C#CCN(CC#N)C(=O)c1snnc1C(C)(C)C. The maximum atomic E-state index is 12.3. The Morgan fingerprint density at radius 3 is 2.67 bits per heavy atom. The zero-order valence-corrected chi connectivity index (χ0v) is 11.4. The Morgan fingerprint density at radius 1 is 1.50 bits per heavy atom. The fraction of sp³-hybridized carbons (Fsp3) is 0.500. The van der Waals surface area contributed by atoms with Gasteiger partial charge in [-0.15, -0.1) is 11.5 Å². The average Bonchev–Trinajstić information content (AvgIpc) is 2.76. The molecule has 0 saturated heterocycles. The second-order valence-corrected chi connectivity index (χ2v) is 5.48. The number of hydrogen-bond donors (Lipinski definition) is 0. The third-order valence-corrected chi connectivity index (χ3v) is 2.94. The predicted molar refractivity (Wildman–Crippen MR) is 69.0 cm³/mol. The Labute approximate surface area is 111 Å². The Hall–Kier alpha value is -1.92. The second-order valence-electron chi connectivity index (χ2n) is 4.72. The number of carbonyl (C=O) groups excluding carboxylic acids is 1. The fourth-order valence-electron chi connectivity index (χ4n) is 1.36. The molecule has 0 aliphatic heterocycles. The van der Waals surface area contributed by atoms with E-state index in [2.05, 4.69) is 15.5 Å². The van der Waals surface area contributed by atoms with Gasteiger partial charge in [-0.2, -0.15) is 5.26 Å². The summed E-state index contributed by atoms with van der Waals surface area (Å²) in [5.74, 6) is 2.09. The van der Waals surface area contributed by atoms with E-state index >= 15 is 0 Å². The zero-order chi connectivity index (χ0) is 13.8. The van der Waals surface area contributed by atoms with E-state index in [1.165, 1.54) is 4.90 Å². The van der Waals surface area contributed by atoms with E-state index in [1.54, 1.807) is 0 Å². The molecule has 0 spiro atoms. The molecule has 0 bridgehead atoms. The number of rotatable bonds is 3. The quantitative estimate of drug-likeness (QED) is 0.610. The van der Waals surface area contributed by atoms with Gasteiger partial charge in [-0.3, -0.25) is 4.79 Å². The van der Waals surface area contributed by atoms with Gasteiger partial charge >= 0.3 is 0 Å². The molecular formula is C12H14N4OS. The molecule has 6 heteroatoms. The first-order chi connectivity index (χ1) is 8.41. The van der Waals surface area contributed by atoms with E-state index < -0.39 is 0 Å². The maximum Gasteiger partial charge on any atom is 0.269 e. The van der Waals surface area contributed by atoms with Gasteiger partial charge in [0.15, 0.2) is 0 Å². The van der Waals surface area contributed by atoms with Crippen molar-refractivity contribution in [2.24, 2.45) is 0 Å². The Bertz CT molecular complexity index is 499. The van der Waals surface area contributed by atoms with E-state index in [1.807, 2.05) is 26.8 Å². The highest BCUT2D eigenvalue weighted by Gasteiger charge is 2.28. The monoisotopic (exact) mass is 262 g/mol. The standard InChI is InChI=1S/C12H14N4OS/c1-5-7-16(8-6-13)11(17)9-10(12(2,3)4)14-15-18-9/h1H,7-8H2,2-4H3. The number of nitriles is 1. The number of carbonyl (C=O) groups is 1. The highest BCUT2D eigenvalue weighted by molar-refractivity contribution is 7.08. The number of nitrogens with zero attached hydrogens (tertiary/aromatic N) is 4. The van der Waals surface area contributed by atoms with E-state index in [0.717, 1.165) is 11.5 Å². The van der Waals surface area contributed by atoms with Crippen LogP contribution in [0.1, 0.15) is 36.1 Å². The van der Waals surface area contributed by atoms with Crippen LogP contribution in [0.3, 0.4) is 0 Å². The minimum atomic E-state index is -0.283. The van der Waals surface area contributed by atoms with Crippen LogP contribution in [0.5, 0.6) is 0 Å². The van der Waals surface area contributed by atoms with Crippen molar-refractivity contribution in [3.63, 3.8) is 0 Å². The van der Waals surface area contributed by atoms with Crippen molar-refractivity contribution in [2.75, 3.05) is 13.1 Å². The van der Waals surface area contributed by atoms with Crippen molar-refractivity contribution in [3.05, 3.63) is 10.6 Å². The van der Waals surface area contributed by atoms with Gasteiger partial charge < -0.3 is 4.90 Å². The molecule has 0 aliphatic rings. The number of aromatic nitrogens is 2. The van der Waals surface area contributed by atoms with Crippen molar-refractivity contribution < 1.29 is 4.79 Å². The largest absolute Gasteiger partial charge is 0.313 e. The lowest BCUT2D eigenvalue weighted by molar-refractivity contribution is 0.0797. The molecule has 1 aromatic heterocycles. The third kappa shape index (κ3) is 3.06. The van der Waals surface area contributed by atoms with Gasteiger partial charge in [-0.05, 0) is 11.5 Å². The Morgan fingerprint density at radius 2 is 2.17 bits per heavy atom. The highest BCUT2D eigenvalue weighted by atomic mass is 32.1. The molecule has 0 aliphatic carbocycles. The summed E-state index contributed by atoms with van der Waals surface area (Å²) < 4.78 is 3.82. The van der Waals surface area contributed by atoms with E-state index in [9.17, 15) is 4.79 Å². The molecule has 0 saturated carbocycles. The van der Waals surface area contributed by atoms with Gasteiger partial charge in [-0.1, -0.05) is 31.2 Å². The van der Waals surface area contributed by atoms with Crippen LogP contribution in [-0.4, -0.2) is 33.5 Å². The van der Waals surface area contributed by atoms with Crippen LogP contribution in [0.4, 0.5) is 0 Å². The molecule has 1 amide bonds. The lowest BCUT2D eigenvalue weighted by Gasteiger charge is -2.19. The van der Waals surface area contributed by atoms with Crippen LogP contribution in [0.2, 0.25) is 0 Å². The summed E-state index contributed by atoms with van der Waals surface area (Å²) in [6, 6.07) is 1.93. The molecule has 0 unspecified atom stereocenters. The zero-order valence-electron chi connectivity index (χ0n) is 10.6. The van der Waals surface area contributed by atoms with Crippen LogP contribution in [0.25, 0.3) is 0 Å². The van der Waals surface area contributed by atoms with Crippen LogP contribution < -0.4 is 0 Å². The second kappa shape index (κ2) is 5.61. The topological polar surface area (TPSA) is 69.9 Å². The lowest BCUT2D eigenvalue weighted by Crippen LogP contribution is -2.33. The van der Waals surface area contributed by atoms with Crippen LogP contribution in [0.15, 0.2) is 0 Å². The summed E-state index contributed by atoms with van der Waals surface area (Å²) in [6.45, 7) is 5.93. The maximum absolute atomic E-state index is 12.3. The number of hydrogen-bond acceptors (Lipinski definition) is 5. The van der Waals surface area contributed by atoms with Crippen LogP contribution in [0, 0.1) is 23.7 Å². The van der Waals surface area contributed by atoms with Gasteiger partial charge in [0.25, 0.3) is 5.91 Å². The molecule has 94 valence electrons. The van der Waals surface area contributed by atoms with Gasteiger partial charge in [0, 0.05) is 5.41 Å². The molecule has 1 heterocycles. The van der Waals surface area contributed by atoms with Crippen molar-refractivity contribution in [1.29, 1.82) is 5.26 Å². The number of amides is 1. The summed E-state index contributed by atoms with van der Waals surface area (Å²) in [4.78, 5) is 14.0. The minimum absolute atomic E-state index is 0.0372. The van der Waals surface area contributed by atoms with Gasteiger partial charge in [0.1, 0.15) is 11.4 Å². The summed E-state index contributed by atoms with van der Waals surface area (Å²) in [5.41, 5.74) is 0.365. The third-order valence-electron chi connectivity index (χ3n) is 2.22. The van der Waals surface area contributed by atoms with Gasteiger partial charge in [0.2, 0.25) is 0 Å². The molecule has 0 N–H and O–H groups in total. The summed E-state index contributed by atoms with van der Waals surface area (Å²) in [6.07, 6.45) is 5.19. The fourth-order valence-corrected chi connectivity index (χ4v) is 2.21. The van der Waals surface area contributed by atoms with E-state index in [4.69, 9.17) is 11.7 Å². The molecule has 1 aromatic rings. The molecule has 5 nitrogen and oxygen atoms in total. The van der Waals surface area contributed by atoms with E-state index in [-0.39, 0.29) is 24.4 Å². The molecule has 1 rings (SSSR count). The minimum Gasteiger partial charge on any atom is -0.313 e. The molecule has 18 heavy (non-hydrogen) atoms. The molecule has 0 radical (unpaired) electrons. The molecular weight excluding hydrogens is 248 g/mol. The smallest absolute Gasteiger partial charge is 0.269 e. The normalized spacial score (nSPS) is 10.5. The summed E-state index contributed by atoms with van der Waals surface area (Å²) >= 11 is 1.03. The van der Waals surface area contributed by atoms with Crippen molar-refractivity contribution in [2.45, 2.75) is 26.2 Å². The summed E-state index contributed by atoms with van der Waals surface area (Å²) in [7, 11) is 0. The first-order valence-electron chi connectivity index (χ1n) is 5.34. The van der Waals surface area contributed by atoms with E-state index in [0.29, 0.717) is 10.6 Å². The van der Waals surface area contributed by atoms with Crippen LogP contribution >= 0.6 is 11.5 Å². The highest BCUT2D eigenvalue weighted by Crippen LogP contribution is 2.26. The van der Waals surface area contributed by atoms with Crippen molar-refractivity contribution in [1.82, 2.24) is 14.5 Å². The van der Waals surface area contributed by atoms with Crippen molar-refractivity contribution >= 4 is 17.4 Å². The van der Waals surface area contributed by atoms with Crippen molar-refractivity contribution in [3.8, 4) is 18.4 Å². The summed E-state index contributed by atoms with van der Waals surface area (Å²) in [5, 5.41) is 12.7. The Balaban J connectivity index is 3.08.